The van der Waals surface area contributed by atoms with Crippen molar-refractivity contribution in [1.29, 1.82) is 0 Å². The van der Waals surface area contributed by atoms with E-state index in [9.17, 15) is 35.6 Å². The van der Waals surface area contributed by atoms with Crippen molar-refractivity contribution in [2.45, 2.75) is 29.9 Å². The summed E-state index contributed by atoms with van der Waals surface area (Å²) in [5, 5.41) is 0. The zero-order chi connectivity index (χ0) is 21.6. The molecule has 29 heavy (non-hydrogen) atoms. The third-order valence-electron chi connectivity index (χ3n) is 4.39. The highest BCUT2D eigenvalue weighted by Crippen LogP contribution is 2.32. The minimum atomic E-state index is -5.56. The summed E-state index contributed by atoms with van der Waals surface area (Å²) in [4.78, 5) is 29.5. The van der Waals surface area contributed by atoms with Crippen molar-refractivity contribution in [2.75, 3.05) is 4.90 Å². The zero-order valence-electron chi connectivity index (χ0n) is 14.7. The van der Waals surface area contributed by atoms with Gasteiger partial charge in [0.15, 0.2) is 0 Å². The monoisotopic (exact) mass is 431 g/mol. The first-order valence-corrected chi connectivity index (χ1v) is 9.58. The molecule has 1 aliphatic heterocycles. The highest BCUT2D eigenvalue weighted by Gasteiger charge is 2.47. The molecule has 1 aliphatic rings. The highest BCUT2D eigenvalue weighted by atomic mass is 32.2. The normalized spacial score (nSPS) is 17.9. The Bertz CT molecular complexity index is 1070. The van der Waals surface area contributed by atoms with Gasteiger partial charge in [-0.05, 0) is 37.3 Å². The fourth-order valence-electron chi connectivity index (χ4n) is 2.77. The number of sulfone groups is 1. The number of anilines is 1. The average Bonchev–Trinajstić information content (AvgIpc) is 2.86. The van der Waals surface area contributed by atoms with Crippen molar-refractivity contribution in [3.63, 3.8) is 0 Å². The molecule has 12 heteroatoms. The fourth-order valence-corrected chi connectivity index (χ4v) is 3.54. The van der Waals surface area contributed by atoms with E-state index in [2.05, 4.69) is 4.98 Å². The van der Waals surface area contributed by atoms with Crippen molar-refractivity contribution >= 4 is 27.5 Å². The van der Waals surface area contributed by atoms with Gasteiger partial charge in [-0.15, -0.1) is 0 Å². The minimum absolute atomic E-state index is 0.106. The summed E-state index contributed by atoms with van der Waals surface area (Å²) in [6.45, 7) is 1.19. The average molecular weight is 431 g/mol. The van der Waals surface area contributed by atoms with E-state index >= 15 is 0 Å². The van der Waals surface area contributed by atoms with Crippen molar-refractivity contribution in [2.24, 2.45) is 0 Å². The molecule has 0 saturated carbocycles. The van der Waals surface area contributed by atoms with Crippen LogP contribution in [0.5, 0.6) is 0 Å². The van der Waals surface area contributed by atoms with Crippen LogP contribution in [-0.4, -0.2) is 41.8 Å². The Morgan fingerprint density at radius 1 is 1.10 bits per heavy atom. The zero-order valence-corrected chi connectivity index (χ0v) is 15.5. The number of amides is 3. The molecule has 1 fully saturated rings. The van der Waals surface area contributed by atoms with Crippen molar-refractivity contribution in [3.8, 4) is 0 Å². The number of urea groups is 1. The molecular weight excluding hydrogens is 418 g/mol. The van der Waals surface area contributed by atoms with E-state index in [1.807, 2.05) is 0 Å². The van der Waals surface area contributed by atoms with Gasteiger partial charge in [0.05, 0.1) is 23.3 Å². The second-order valence-corrected chi connectivity index (χ2v) is 8.11. The van der Waals surface area contributed by atoms with E-state index in [-0.39, 0.29) is 17.8 Å². The molecule has 0 aliphatic carbocycles. The second-order valence-electron chi connectivity index (χ2n) is 6.17. The summed E-state index contributed by atoms with van der Waals surface area (Å²) in [5.41, 5.74) is -5.46. The SMILES string of the molecule is CC1C(=O)N(c2ccc(S(=O)(=O)C(F)(F)F)cc2)C(=O)N1Cc1ccncc1F. The topological polar surface area (TPSA) is 87.7 Å². The van der Waals surface area contributed by atoms with E-state index in [1.165, 1.54) is 19.2 Å². The van der Waals surface area contributed by atoms with Gasteiger partial charge in [-0.2, -0.15) is 13.2 Å². The number of imide groups is 1. The van der Waals surface area contributed by atoms with Crippen LogP contribution in [0.25, 0.3) is 0 Å². The van der Waals surface area contributed by atoms with Crippen LogP contribution in [0.2, 0.25) is 0 Å². The maximum absolute atomic E-state index is 13.8. The lowest BCUT2D eigenvalue weighted by Crippen LogP contribution is -2.33. The third-order valence-corrected chi connectivity index (χ3v) is 5.89. The number of alkyl halides is 3. The molecule has 1 aromatic heterocycles. The van der Waals surface area contributed by atoms with Crippen LogP contribution in [0.4, 0.5) is 28.0 Å². The number of carbonyl (C=O) groups is 2. The fraction of sp³-hybridized carbons (Fsp3) is 0.235. The molecule has 2 heterocycles. The van der Waals surface area contributed by atoms with Gasteiger partial charge < -0.3 is 4.90 Å². The van der Waals surface area contributed by atoms with Crippen LogP contribution >= 0.6 is 0 Å². The number of benzene rings is 1. The summed E-state index contributed by atoms with van der Waals surface area (Å²) in [7, 11) is -5.56. The number of carbonyl (C=O) groups excluding carboxylic acids is 2. The van der Waals surface area contributed by atoms with E-state index in [0.29, 0.717) is 17.0 Å². The van der Waals surface area contributed by atoms with Crippen molar-refractivity contribution < 1.29 is 35.6 Å². The molecule has 3 amide bonds. The van der Waals surface area contributed by atoms with E-state index in [0.717, 1.165) is 23.2 Å². The van der Waals surface area contributed by atoms with Gasteiger partial charge in [0.2, 0.25) is 0 Å². The largest absolute Gasteiger partial charge is 0.501 e. The van der Waals surface area contributed by atoms with Crippen LogP contribution in [0.1, 0.15) is 12.5 Å². The maximum Gasteiger partial charge on any atom is 0.501 e. The summed E-state index contributed by atoms with van der Waals surface area (Å²) >= 11 is 0. The number of aromatic nitrogens is 1. The number of hydrogen-bond acceptors (Lipinski definition) is 5. The smallest absolute Gasteiger partial charge is 0.308 e. The molecular formula is C17H13F4N3O4S. The second kappa shape index (κ2) is 7.10. The maximum atomic E-state index is 13.8. The number of hydrogen-bond donors (Lipinski definition) is 0. The van der Waals surface area contributed by atoms with Crippen LogP contribution in [0, 0.1) is 5.82 Å². The first kappa shape index (κ1) is 20.7. The van der Waals surface area contributed by atoms with Gasteiger partial charge in [-0.3, -0.25) is 9.78 Å². The molecule has 154 valence electrons. The third kappa shape index (κ3) is 3.55. The molecule has 0 radical (unpaired) electrons. The molecule has 0 bridgehead atoms. The summed E-state index contributed by atoms with van der Waals surface area (Å²) in [6, 6.07) is 2.75. The summed E-state index contributed by atoms with van der Waals surface area (Å²) < 4.78 is 74.6. The minimum Gasteiger partial charge on any atom is -0.308 e. The highest BCUT2D eigenvalue weighted by molar-refractivity contribution is 7.92. The molecule has 2 aromatic rings. The predicted octanol–water partition coefficient (Wildman–Crippen LogP) is 2.87. The van der Waals surface area contributed by atoms with Crippen LogP contribution in [0.3, 0.4) is 0 Å². The Hall–Kier alpha value is -3.02. The van der Waals surface area contributed by atoms with E-state index in [1.54, 1.807) is 0 Å². The quantitative estimate of drug-likeness (QED) is 0.549. The molecule has 1 saturated heterocycles. The Kier molecular flexibility index (Phi) is 5.07. The first-order chi connectivity index (χ1) is 13.4. The van der Waals surface area contributed by atoms with Crippen molar-refractivity contribution in [3.05, 3.63) is 54.1 Å². The van der Waals surface area contributed by atoms with E-state index < -0.39 is 44.0 Å². The number of nitrogens with zero attached hydrogens (tertiary/aromatic N) is 3. The number of pyridine rings is 1. The summed E-state index contributed by atoms with van der Waals surface area (Å²) in [6.07, 6.45) is 2.28. The van der Waals surface area contributed by atoms with Gasteiger partial charge in [0.1, 0.15) is 11.9 Å². The Morgan fingerprint density at radius 3 is 2.28 bits per heavy atom. The molecule has 3 rings (SSSR count). The van der Waals surface area contributed by atoms with Gasteiger partial charge in [0, 0.05) is 11.8 Å². The predicted molar refractivity (Wildman–Crippen MR) is 91.8 cm³/mol. The Balaban J connectivity index is 1.89. The molecule has 1 atom stereocenters. The Morgan fingerprint density at radius 2 is 1.72 bits per heavy atom. The molecule has 1 aromatic carbocycles. The van der Waals surface area contributed by atoms with Crippen LogP contribution in [0.15, 0.2) is 47.6 Å². The van der Waals surface area contributed by atoms with E-state index in [4.69, 9.17) is 0 Å². The van der Waals surface area contributed by atoms with Gasteiger partial charge >= 0.3 is 11.5 Å². The standard InChI is InChI=1S/C17H13F4N3O4S/c1-10-15(25)24(16(26)23(10)9-11-6-7-22-8-14(11)18)12-2-4-13(5-3-12)29(27,28)17(19,20)21/h2-8,10H,9H2,1H3. The lowest BCUT2D eigenvalue weighted by Gasteiger charge is -2.19. The molecule has 0 spiro atoms. The van der Waals surface area contributed by atoms with Gasteiger partial charge in [0.25, 0.3) is 15.7 Å². The molecule has 0 N–H and O–H groups in total. The van der Waals surface area contributed by atoms with Crippen molar-refractivity contribution in [1.82, 2.24) is 9.88 Å². The first-order valence-electron chi connectivity index (χ1n) is 8.09. The van der Waals surface area contributed by atoms with Crippen LogP contribution in [-0.2, 0) is 21.2 Å². The number of halogens is 4. The van der Waals surface area contributed by atoms with Gasteiger partial charge in [-0.25, -0.2) is 22.5 Å². The Labute approximate surface area is 162 Å². The summed E-state index contributed by atoms with van der Waals surface area (Å²) in [5.74, 6) is -1.35. The van der Waals surface area contributed by atoms with Gasteiger partial charge in [-0.1, -0.05) is 0 Å². The lowest BCUT2D eigenvalue weighted by molar-refractivity contribution is -0.119. The lowest BCUT2D eigenvalue weighted by atomic mass is 10.2. The van der Waals surface area contributed by atoms with Crippen LogP contribution < -0.4 is 4.90 Å². The number of rotatable bonds is 4. The molecule has 1 unspecified atom stereocenters. The molecule has 7 nitrogen and oxygen atoms in total.